The molecule has 4 nitrogen and oxygen atoms in total. The lowest BCUT2D eigenvalue weighted by Gasteiger charge is -2.08. The molecule has 0 saturated heterocycles. The van der Waals surface area contributed by atoms with Crippen LogP contribution in [0.3, 0.4) is 0 Å². The first kappa shape index (κ1) is 13.5. The van der Waals surface area contributed by atoms with Crippen LogP contribution in [0.4, 0.5) is 0 Å². The summed E-state index contributed by atoms with van der Waals surface area (Å²) in [4.78, 5) is 4.46. The summed E-state index contributed by atoms with van der Waals surface area (Å²) < 4.78 is 3.04. The van der Waals surface area contributed by atoms with Gasteiger partial charge in [-0.15, -0.1) is 0 Å². The second kappa shape index (κ2) is 6.29. The molecule has 0 radical (unpaired) electrons. The standard InChI is InChI=1S/C13H17IN4/c1-10(2)15-5-11-3-4-13(16-6-11)9-18-8-12(14)7-17-18/h3-4,6-8,10,15H,5,9H2,1-2H3. The van der Waals surface area contributed by atoms with E-state index in [-0.39, 0.29) is 0 Å². The van der Waals surface area contributed by atoms with Gasteiger partial charge in [0.15, 0.2) is 0 Å². The van der Waals surface area contributed by atoms with Crippen LogP contribution in [0.2, 0.25) is 0 Å². The molecule has 0 unspecified atom stereocenters. The Morgan fingerprint density at radius 1 is 1.33 bits per heavy atom. The topological polar surface area (TPSA) is 42.7 Å². The monoisotopic (exact) mass is 356 g/mol. The fraction of sp³-hybridized carbons (Fsp3) is 0.385. The molecule has 96 valence electrons. The molecular formula is C13H17IN4. The molecule has 1 N–H and O–H groups in total. The van der Waals surface area contributed by atoms with Gasteiger partial charge in [-0.2, -0.15) is 5.10 Å². The van der Waals surface area contributed by atoms with E-state index < -0.39 is 0 Å². The van der Waals surface area contributed by atoms with E-state index in [2.05, 4.69) is 64.0 Å². The Morgan fingerprint density at radius 3 is 2.72 bits per heavy atom. The Morgan fingerprint density at radius 2 is 2.17 bits per heavy atom. The van der Waals surface area contributed by atoms with E-state index in [9.17, 15) is 0 Å². The maximum Gasteiger partial charge on any atom is 0.0831 e. The lowest BCUT2D eigenvalue weighted by molar-refractivity contribution is 0.587. The van der Waals surface area contributed by atoms with Crippen molar-refractivity contribution in [2.75, 3.05) is 0 Å². The first-order chi connectivity index (χ1) is 8.63. The summed E-state index contributed by atoms with van der Waals surface area (Å²) in [6.45, 7) is 5.87. The van der Waals surface area contributed by atoms with Crippen LogP contribution in [0, 0.1) is 3.57 Å². The van der Waals surface area contributed by atoms with Crippen LogP contribution in [0.1, 0.15) is 25.1 Å². The third-order valence-corrected chi connectivity index (χ3v) is 3.08. The lowest BCUT2D eigenvalue weighted by atomic mass is 10.2. The molecule has 2 aromatic heterocycles. The van der Waals surface area contributed by atoms with Crippen molar-refractivity contribution in [3.8, 4) is 0 Å². The van der Waals surface area contributed by atoms with E-state index in [1.165, 1.54) is 5.56 Å². The molecule has 2 heterocycles. The van der Waals surface area contributed by atoms with E-state index >= 15 is 0 Å². The third-order valence-electron chi connectivity index (χ3n) is 2.53. The number of nitrogens with zero attached hydrogens (tertiary/aromatic N) is 3. The fourth-order valence-corrected chi connectivity index (χ4v) is 2.01. The largest absolute Gasteiger partial charge is 0.310 e. The Bertz CT molecular complexity index is 490. The minimum Gasteiger partial charge on any atom is -0.310 e. The Balaban J connectivity index is 1.95. The van der Waals surface area contributed by atoms with Gasteiger partial charge < -0.3 is 5.32 Å². The average molecular weight is 356 g/mol. The number of hydrogen-bond donors (Lipinski definition) is 1. The van der Waals surface area contributed by atoms with Gasteiger partial charge in [-0.3, -0.25) is 9.67 Å². The van der Waals surface area contributed by atoms with Crippen molar-refractivity contribution in [3.63, 3.8) is 0 Å². The molecule has 0 spiro atoms. The summed E-state index contributed by atoms with van der Waals surface area (Å²) in [6, 6.07) is 4.67. The van der Waals surface area contributed by atoms with Gasteiger partial charge >= 0.3 is 0 Å². The fourth-order valence-electron chi connectivity index (χ4n) is 1.57. The highest BCUT2D eigenvalue weighted by molar-refractivity contribution is 14.1. The van der Waals surface area contributed by atoms with E-state index in [1.807, 2.05) is 23.3 Å². The van der Waals surface area contributed by atoms with Crippen LogP contribution in [0.25, 0.3) is 0 Å². The number of halogens is 1. The molecule has 5 heteroatoms. The predicted octanol–water partition coefficient (Wildman–Crippen LogP) is 2.43. The SMILES string of the molecule is CC(C)NCc1ccc(Cn2cc(I)cn2)nc1. The number of aromatic nitrogens is 3. The lowest BCUT2D eigenvalue weighted by Crippen LogP contribution is -2.21. The van der Waals surface area contributed by atoms with Gasteiger partial charge in [-0.25, -0.2) is 0 Å². The van der Waals surface area contributed by atoms with Gasteiger partial charge in [0.2, 0.25) is 0 Å². The Kier molecular flexibility index (Phi) is 4.71. The highest BCUT2D eigenvalue weighted by Gasteiger charge is 2.00. The molecule has 0 fully saturated rings. The molecule has 0 aliphatic carbocycles. The van der Waals surface area contributed by atoms with E-state index in [0.29, 0.717) is 6.04 Å². The van der Waals surface area contributed by atoms with Crippen molar-refractivity contribution in [3.05, 3.63) is 45.6 Å². The molecule has 2 aromatic rings. The zero-order valence-electron chi connectivity index (χ0n) is 10.6. The number of hydrogen-bond acceptors (Lipinski definition) is 3. The third kappa shape index (κ3) is 4.06. The van der Waals surface area contributed by atoms with Crippen LogP contribution in [0.15, 0.2) is 30.7 Å². The van der Waals surface area contributed by atoms with Crippen molar-refractivity contribution in [1.82, 2.24) is 20.1 Å². The zero-order chi connectivity index (χ0) is 13.0. The summed E-state index contributed by atoms with van der Waals surface area (Å²) in [6.07, 6.45) is 5.79. The number of rotatable bonds is 5. The molecule has 0 saturated carbocycles. The molecule has 0 atom stereocenters. The van der Waals surface area contributed by atoms with Gasteiger partial charge in [0, 0.05) is 25.0 Å². The minimum atomic E-state index is 0.496. The molecule has 0 aromatic carbocycles. The smallest absolute Gasteiger partial charge is 0.0831 e. The van der Waals surface area contributed by atoms with Gasteiger partial charge in [0.25, 0.3) is 0 Å². The quantitative estimate of drug-likeness (QED) is 0.837. The number of pyridine rings is 1. The van der Waals surface area contributed by atoms with Crippen molar-refractivity contribution in [2.45, 2.75) is 33.0 Å². The second-order valence-electron chi connectivity index (χ2n) is 4.55. The highest BCUT2D eigenvalue weighted by atomic mass is 127. The first-order valence-corrected chi connectivity index (χ1v) is 7.06. The van der Waals surface area contributed by atoms with Crippen LogP contribution in [0.5, 0.6) is 0 Å². The first-order valence-electron chi connectivity index (χ1n) is 5.98. The molecule has 0 aliphatic heterocycles. The summed E-state index contributed by atoms with van der Waals surface area (Å²) >= 11 is 2.25. The normalized spacial score (nSPS) is 11.1. The highest BCUT2D eigenvalue weighted by Crippen LogP contribution is 2.05. The van der Waals surface area contributed by atoms with Crippen LogP contribution < -0.4 is 5.32 Å². The minimum absolute atomic E-state index is 0.496. The summed E-state index contributed by atoms with van der Waals surface area (Å²) in [5.74, 6) is 0. The zero-order valence-corrected chi connectivity index (χ0v) is 12.8. The molecule has 0 aliphatic rings. The van der Waals surface area contributed by atoms with Crippen LogP contribution in [-0.2, 0) is 13.1 Å². The molecule has 0 bridgehead atoms. The number of nitrogens with one attached hydrogen (secondary N) is 1. The van der Waals surface area contributed by atoms with Gasteiger partial charge in [-0.1, -0.05) is 19.9 Å². The molecule has 2 rings (SSSR count). The van der Waals surface area contributed by atoms with Crippen molar-refractivity contribution in [2.24, 2.45) is 0 Å². The predicted molar refractivity (Wildman–Crippen MR) is 80.3 cm³/mol. The van der Waals surface area contributed by atoms with Gasteiger partial charge in [-0.05, 0) is 34.2 Å². The molecule has 18 heavy (non-hydrogen) atoms. The van der Waals surface area contributed by atoms with E-state index in [0.717, 1.165) is 22.4 Å². The molecule has 0 amide bonds. The van der Waals surface area contributed by atoms with Crippen molar-refractivity contribution in [1.29, 1.82) is 0 Å². The Hall–Kier alpha value is -0.950. The maximum atomic E-state index is 4.46. The van der Waals surface area contributed by atoms with Crippen LogP contribution in [-0.4, -0.2) is 20.8 Å². The van der Waals surface area contributed by atoms with Crippen molar-refractivity contribution >= 4 is 22.6 Å². The van der Waals surface area contributed by atoms with E-state index in [1.54, 1.807) is 0 Å². The van der Waals surface area contributed by atoms with Crippen LogP contribution >= 0.6 is 22.6 Å². The maximum absolute atomic E-state index is 4.46. The average Bonchev–Trinajstić information content (AvgIpc) is 2.74. The summed E-state index contributed by atoms with van der Waals surface area (Å²) in [5.41, 5.74) is 2.24. The van der Waals surface area contributed by atoms with Crippen molar-refractivity contribution < 1.29 is 0 Å². The van der Waals surface area contributed by atoms with Gasteiger partial charge in [0.1, 0.15) is 0 Å². The Labute approximate surface area is 121 Å². The molecular weight excluding hydrogens is 339 g/mol. The van der Waals surface area contributed by atoms with Gasteiger partial charge in [0.05, 0.1) is 22.0 Å². The van der Waals surface area contributed by atoms with E-state index in [4.69, 9.17) is 0 Å². The second-order valence-corrected chi connectivity index (χ2v) is 5.80. The summed E-state index contributed by atoms with van der Waals surface area (Å²) in [7, 11) is 0. The summed E-state index contributed by atoms with van der Waals surface area (Å²) in [5, 5.41) is 7.63.